The second-order valence-corrected chi connectivity index (χ2v) is 4.32. The molecule has 1 heterocycles. The Hall–Kier alpha value is -1.96. The van der Waals surface area contributed by atoms with Crippen molar-refractivity contribution in [2.45, 2.75) is 19.0 Å². The molecule has 0 atom stereocenters. The van der Waals surface area contributed by atoms with E-state index < -0.39 is 24.3 Å². The van der Waals surface area contributed by atoms with E-state index in [1.165, 1.54) is 24.9 Å². The van der Waals surface area contributed by atoms with Crippen molar-refractivity contribution in [1.29, 1.82) is 0 Å². The van der Waals surface area contributed by atoms with E-state index in [9.17, 15) is 14.4 Å². The summed E-state index contributed by atoms with van der Waals surface area (Å²) in [7, 11) is 0. The lowest BCUT2D eigenvalue weighted by atomic mass is 10.1. The lowest BCUT2D eigenvalue weighted by Gasteiger charge is -2.08. The summed E-state index contributed by atoms with van der Waals surface area (Å²) in [6.45, 7) is 2.52. The van der Waals surface area contributed by atoms with E-state index in [4.69, 9.17) is 4.74 Å². The number of ether oxygens (including phenoxy) is 2. The van der Waals surface area contributed by atoms with Gasteiger partial charge in [-0.05, 0) is 13.2 Å². The maximum absolute atomic E-state index is 12.0. The van der Waals surface area contributed by atoms with Crippen molar-refractivity contribution in [3.05, 3.63) is 17.5 Å². The predicted octanol–water partition coefficient (Wildman–Crippen LogP) is 1.12. The van der Waals surface area contributed by atoms with Gasteiger partial charge in [0.1, 0.15) is 11.3 Å². The largest absolute Gasteiger partial charge is 0.462 e. The second-order valence-electron chi connectivity index (χ2n) is 3.54. The van der Waals surface area contributed by atoms with Crippen LogP contribution in [0.5, 0.6) is 0 Å². The first-order valence-electron chi connectivity index (χ1n) is 5.74. The number of aromatic nitrogens is 2. The van der Waals surface area contributed by atoms with Crippen molar-refractivity contribution >= 4 is 29.5 Å². The zero-order valence-electron chi connectivity index (χ0n) is 11.3. The first kappa shape index (κ1) is 16.1. The zero-order chi connectivity index (χ0) is 15.1. The van der Waals surface area contributed by atoms with Crippen molar-refractivity contribution < 1.29 is 23.9 Å². The van der Waals surface area contributed by atoms with Gasteiger partial charge in [-0.2, -0.15) is 0 Å². The van der Waals surface area contributed by atoms with Crippen LogP contribution in [0.1, 0.15) is 34.7 Å². The smallest absolute Gasteiger partial charge is 0.342 e. The van der Waals surface area contributed by atoms with E-state index in [2.05, 4.69) is 14.7 Å². The number of hydrogen-bond acceptors (Lipinski definition) is 8. The lowest BCUT2D eigenvalue weighted by molar-refractivity contribution is -0.139. The monoisotopic (exact) mass is 298 g/mol. The molecule has 0 bridgehead atoms. The molecule has 0 N–H and O–H groups in total. The molecule has 7 nitrogen and oxygen atoms in total. The Kier molecular flexibility index (Phi) is 6.10. The Labute approximate surface area is 120 Å². The fraction of sp³-hybridized carbons (Fsp3) is 0.417. The molecule has 0 aromatic carbocycles. The maximum Gasteiger partial charge on any atom is 0.342 e. The van der Waals surface area contributed by atoms with Crippen molar-refractivity contribution in [3.63, 3.8) is 0 Å². The number of esters is 2. The normalized spacial score (nSPS) is 9.95. The van der Waals surface area contributed by atoms with Crippen LogP contribution >= 0.6 is 11.8 Å². The van der Waals surface area contributed by atoms with Gasteiger partial charge in [-0.3, -0.25) is 9.59 Å². The highest BCUT2D eigenvalue weighted by Gasteiger charge is 2.22. The number of hydrogen-bond donors (Lipinski definition) is 0. The van der Waals surface area contributed by atoms with Crippen LogP contribution in [-0.4, -0.2) is 47.2 Å². The second kappa shape index (κ2) is 7.59. The average Bonchev–Trinajstić information content (AvgIpc) is 2.44. The molecule has 1 rings (SSSR count). The Morgan fingerprint density at radius 3 is 2.55 bits per heavy atom. The van der Waals surface area contributed by atoms with Gasteiger partial charge in [0.25, 0.3) is 0 Å². The van der Waals surface area contributed by atoms with E-state index in [1.807, 2.05) is 0 Å². The number of Topliss-reactive ketones (excluding diaryl/α,β-unsaturated/α-hetero) is 1. The molecule has 0 aliphatic rings. The van der Waals surface area contributed by atoms with Crippen LogP contribution < -0.4 is 0 Å². The summed E-state index contributed by atoms with van der Waals surface area (Å²) < 4.78 is 9.45. The Bertz CT molecular complexity index is 533. The van der Waals surface area contributed by atoms with E-state index >= 15 is 0 Å². The van der Waals surface area contributed by atoms with Gasteiger partial charge >= 0.3 is 11.9 Å². The molecule has 0 aliphatic heterocycles. The zero-order valence-corrected chi connectivity index (χ0v) is 12.2. The summed E-state index contributed by atoms with van der Waals surface area (Å²) in [5.74, 6) is -1.86. The fourth-order valence-electron chi connectivity index (χ4n) is 1.27. The highest BCUT2D eigenvalue weighted by molar-refractivity contribution is 7.98. The fourth-order valence-corrected chi connectivity index (χ4v) is 1.61. The molecule has 0 saturated carbocycles. The SMILES string of the molecule is CCOC(=O)c1cnc(SC)nc1C(=O)COC(C)=O. The summed E-state index contributed by atoms with van der Waals surface area (Å²) in [6, 6.07) is 0. The Balaban J connectivity index is 3.08. The van der Waals surface area contributed by atoms with E-state index in [-0.39, 0.29) is 17.9 Å². The minimum absolute atomic E-state index is 0.0400. The molecular formula is C12H14N2O5S. The number of nitrogens with zero attached hydrogens (tertiary/aromatic N) is 2. The van der Waals surface area contributed by atoms with Crippen LogP contribution in [-0.2, 0) is 14.3 Å². The third-order valence-electron chi connectivity index (χ3n) is 2.12. The van der Waals surface area contributed by atoms with Crippen molar-refractivity contribution in [3.8, 4) is 0 Å². The molecule has 0 saturated heterocycles. The standard InChI is InChI=1S/C12H14N2O5S/c1-4-18-11(17)8-5-13-12(20-3)14-10(8)9(16)6-19-7(2)15/h5H,4,6H2,1-3H3. The highest BCUT2D eigenvalue weighted by Crippen LogP contribution is 2.14. The van der Waals surface area contributed by atoms with Gasteiger partial charge in [0.15, 0.2) is 11.8 Å². The summed E-state index contributed by atoms with van der Waals surface area (Å²) >= 11 is 1.22. The number of carbonyl (C=O) groups is 3. The minimum atomic E-state index is -0.689. The highest BCUT2D eigenvalue weighted by atomic mass is 32.2. The maximum atomic E-state index is 12.0. The molecule has 0 radical (unpaired) electrons. The molecule has 1 aromatic rings. The minimum Gasteiger partial charge on any atom is -0.462 e. The predicted molar refractivity (Wildman–Crippen MR) is 70.7 cm³/mol. The van der Waals surface area contributed by atoms with Crippen molar-refractivity contribution in [2.24, 2.45) is 0 Å². The Morgan fingerprint density at radius 1 is 1.30 bits per heavy atom. The molecule has 0 aliphatic carbocycles. The van der Waals surface area contributed by atoms with Gasteiger partial charge in [-0.1, -0.05) is 11.8 Å². The van der Waals surface area contributed by atoms with Crippen LogP contribution in [0.25, 0.3) is 0 Å². The van der Waals surface area contributed by atoms with Gasteiger partial charge < -0.3 is 9.47 Å². The lowest BCUT2D eigenvalue weighted by Crippen LogP contribution is -2.19. The number of ketones is 1. The molecule has 8 heteroatoms. The molecule has 0 amide bonds. The van der Waals surface area contributed by atoms with Gasteiger partial charge in [0, 0.05) is 13.1 Å². The first-order chi connectivity index (χ1) is 9.49. The molecule has 0 spiro atoms. The van der Waals surface area contributed by atoms with Crippen LogP contribution in [0, 0.1) is 0 Å². The molecular weight excluding hydrogens is 284 g/mol. The van der Waals surface area contributed by atoms with Crippen LogP contribution in [0.2, 0.25) is 0 Å². The molecule has 0 unspecified atom stereocenters. The number of carbonyl (C=O) groups excluding carboxylic acids is 3. The van der Waals surface area contributed by atoms with Crippen LogP contribution in [0.3, 0.4) is 0 Å². The molecule has 0 fully saturated rings. The van der Waals surface area contributed by atoms with Gasteiger partial charge in [0.05, 0.1) is 6.61 Å². The van der Waals surface area contributed by atoms with E-state index in [0.717, 1.165) is 0 Å². The third kappa shape index (κ3) is 4.30. The third-order valence-corrected chi connectivity index (χ3v) is 2.68. The van der Waals surface area contributed by atoms with Crippen LogP contribution in [0.4, 0.5) is 0 Å². The summed E-state index contributed by atoms with van der Waals surface area (Å²) in [6.07, 6.45) is 2.97. The summed E-state index contributed by atoms with van der Waals surface area (Å²) in [5.41, 5.74) is -0.147. The Morgan fingerprint density at radius 2 is 2.00 bits per heavy atom. The quantitative estimate of drug-likeness (QED) is 0.334. The van der Waals surface area contributed by atoms with Gasteiger partial charge in [0.2, 0.25) is 5.78 Å². The molecule has 1 aromatic heterocycles. The van der Waals surface area contributed by atoms with E-state index in [1.54, 1.807) is 13.2 Å². The van der Waals surface area contributed by atoms with Crippen molar-refractivity contribution in [2.75, 3.05) is 19.5 Å². The average molecular weight is 298 g/mol. The number of thioether (sulfide) groups is 1. The topological polar surface area (TPSA) is 95.5 Å². The summed E-state index contributed by atoms with van der Waals surface area (Å²) in [4.78, 5) is 42.3. The molecule has 20 heavy (non-hydrogen) atoms. The summed E-state index contributed by atoms with van der Waals surface area (Å²) in [5, 5.41) is 0.337. The molecule has 108 valence electrons. The van der Waals surface area contributed by atoms with Crippen molar-refractivity contribution in [1.82, 2.24) is 9.97 Å². The van der Waals surface area contributed by atoms with Crippen LogP contribution in [0.15, 0.2) is 11.4 Å². The van der Waals surface area contributed by atoms with E-state index in [0.29, 0.717) is 5.16 Å². The van der Waals surface area contributed by atoms with Gasteiger partial charge in [-0.25, -0.2) is 14.8 Å². The first-order valence-corrected chi connectivity index (χ1v) is 6.96. The van der Waals surface area contributed by atoms with Gasteiger partial charge in [-0.15, -0.1) is 0 Å². The number of rotatable bonds is 6.